The number of rotatable bonds is 10. The van der Waals surface area contributed by atoms with Crippen molar-refractivity contribution in [3.8, 4) is 0 Å². The van der Waals surface area contributed by atoms with Crippen LogP contribution < -0.4 is 0 Å². The van der Waals surface area contributed by atoms with Gasteiger partial charge in [-0.1, -0.05) is 172 Å². The minimum absolute atomic E-state index is 0.0337. The highest BCUT2D eigenvalue weighted by Gasteiger charge is 2.71. The average Bonchev–Trinajstić information content (AvgIpc) is 3.55. The van der Waals surface area contributed by atoms with Gasteiger partial charge in [-0.3, -0.25) is 9.59 Å². The molecule has 0 radical (unpaired) electrons. The minimum atomic E-state index is -0.884. The van der Waals surface area contributed by atoms with Gasteiger partial charge in [0.15, 0.2) is 5.78 Å². The number of fused-ring (bicyclic) bond motifs is 7. The van der Waals surface area contributed by atoms with Gasteiger partial charge in [0.25, 0.3) is 0 Å². The number of hydrogen-bond donors (Lipinski definition) is 1. The zero-order valence-electron chi connectivity index (χ0n) is 43.6. The predicted octanol–water partition coefficient (Wildman–Crippen LogP) is 16.8. The fourth-order valence-electron chi connectivity index (χ4n) is 13.5. The first-order chi connectivity index (χ1) is 28.5. The van der Waals surface area contributed by atoms with E-state index >= 15 is 0 Å². The van der Waals surface area contributed by atoms with Gasteiger partial charge >= 0.3 is 5.97 Å². The summed E-state index contributed by atoms with van der Waals surface area (Å²) >= 11 is 0. The molecule has 4 fully saturated rings. The van der Waals surface area contributed by atoms with E-state index in [-0.39, 0.29) is 33.2 Å². The molecule has 6 rings (SSSR count). The third-order valence-electron chi connectivity index (χ3n) is 17.7. The summed E-state index contributed by atoms with van der Waals surface area (Å²) in [7, 11) is 0. The van der Waals surface area contributed by atoms with Crippen LogP contribution in [0.3, 0.4) is 0 Å². The van der Waals surface area contributed by atoms with E-state index in [4.69, 9.17) is 4.74 Å². The molecular weight excluding hydrogens is 749 g/mol. The van der Waals surface area contributed by atoms with Gasteiger partial charge in [0.1, 0.15) is 6.10 Å². The molecule has 0 aliphatic heterocycles. The highest BCUT2D eigenvalue weighted by molar-refractivity contribution is 6.00. The van der Waals surface area contributed by atoms with E-state index in [0.717, 1.165) is 32.1 Å². The van der Waals surface area contributed by atoms with E-state index in [1.54, 1.807) is 19.4 Å². The Kier molecular flexibility index (Phi) is 19.8. The van der Waals surface area contributed by atoms with Crippen LogP contribution in [-0.4, -0.2) is 23.0 Å². The number of allylic oxidation sites excluding steroid dienone is 3. The Labute approximate surface area is 378 Å². The molecule has 8 unspecified atom stereocenters. The van der Waals surface area contributed by atoms with Crippen LogP contribution in [0.25, 0.3) is 0 Å². The third kappa shape index (κ3) is 10.5. The monoisotopic (exact) mass is 847 g/mol. The quantitative estimate of drug-likeness (QED) is 0.238. The van der Waals surface area contributed by atoms with Gasteiger partial charge in [0, 0.05) is 23.7 Å². The Bertz CT molecular complexity index is 1610. The Morgan fingerprint density at radius 2 is 1.39 bits per heavy atom. The number of aliphatic carboxylic acids is 1. The zero-order chi connectivity index (χ0) is 46.9. The normalized spacial score (nSPS) is 32.6. The lowest BCUT2D eigenvalue weighted by molar-refractivity contribution is -0.254. The van der Waals surface area contributed by atoms with Crippen molar-refractivity contribution >= 4 is 11.8 Å². The first-order valence-electron chi connectivity index (χ1n) is 25.4. The maximum atomic E-state index is 13.7. The van der Waals surface area contributed by atoms with Gasteiger partial charge in [-0.25, -0.2) is 0 Å². The number of benzene rings is 1. The summed E-state index contributed by atoms with van der Waals surface area (Å²) in [5, 5.41) is 9.67. The molecule has 9 atom stereocenters. The van der Waals surface area contributed by atoms with E-state index in [1.807, 2.05) is 27.7 Å². The molecule has 4 nitrogen and oxygen atoms in total. The van der Waals surface area contributed by atoms with Gasteiger partial charge in [-0.05, 0) is 136 Å². The van der Waals surface area contributed by atoms with Crippen LogP contribution in [0.2, 0.25) is 0 Å². The molecule has 4 saturated carbocycles. The van der Waals surface area contributed by atoms with Gasteiger partial charge in [-0.15, -0.1) is 0 Å². The summed E-state index contributed by atoms with van der Waals surface area (Å²) in [6.45, 7) is 46.4. The molecule has 0 saturated heterocycles. The van der Waals surface area contributed by atoms with Gasteiger partial charge < -0.3 is 9.84 Å². The molecule has 61 heavy (non-hydrogen) atoms. The first kappa shape index (κ1) is 54.8. The molecule has 4 heteroatoms. The Hall–Kier alpha value is -2.36. The van der Waals surface area contributed by atoms with Crippen LogP contribution in [0.5, 0.6) is 0 Å². The molecular formula is C57H98O4. The van der Waals surface area contributed by atoms with Crippen LogP contribution >= 0.6 is 0 Å². The van der Waals surface area contributed by atoms with Gasteiger partial charge in [0.2, 0.25) is 0 Å². The van der Waals surface area contributed by atoms with E-state index in [1.165, 1.54) is 68.1 Å². The SMILES string of the molecule is C=C(CC(C)(C)C(=O)O)OC1CCC2(C)C(CCC3(C)C4CCC5([C@H](C)CC)CC(=O)C(C(C)C)=C5C4CCC32C)C1(C)C.CC.CC.CCCC.CCc1ccc(C)cc1. The number of hydrogen-bond acceptors (Lipinski definition) is 3. The lowest BCUT2D eigenvalue weighted by Crippen LogP contribution is -2.67. The van der Waals surface area contributed by atoms with Crippen LogP contribution in [0, 0.1) is 69.0 Å². The number of carboxylic acids is 1. The number of unbranched alkanes of at least 4 members (excludes halogenated alkanes) is 1. The fraction of sp³-hybridized carbons (Fsp3) is 0.789. The number of ketones is 1. The van der Waals surface area contributed by atoms with Crippen molar-refractivity contribution in [2.24, 2.45) is 62.1 Å². The highest BCUT2D eigenvalue weighted by Crippen LogP contribution is 2.78. The van der Waals surface area contributed by atoms with Crippen molar-refractivity contribution < 1.29 is 19.4 Å². The van der Waals surface area contributed by atoms with Crippen molar-refractivity contribution in [2.75, 3.05) is 0 Å². The second-order valence-corrected chi connectivity index (χ2v) is 21.8. The first-order valence-corrected chi connectivity index (χ1v) is 25.4. The number of carbonyl (C=O) groups excluding carboxylic acids is 1. The van der Waals surface area contributed by atoms with E-state index in [0.29, 0.717) is 47.6 Å². The smallest absolute Gasteiger partial charge is 0.309 e. The Morgan fingerprint density at radius 1 is 0.836 bits per heavy atom. The second kappa shape index (κ2) is 22.0. The van der Waals surface area contributed by atoms with Crippen molar-refractivity contribution in [1.82, 2.24) is 0 Å². The maximum Gasteiger partial charge on any atom is 0.309 e. The van der Waals surface area contributed by atoms with Crippen molar-refractivity contribution in [2.45, 2.75) is 228 Å². The molecule has 0 aromatic heterocycles. The third-order valence-corrected chi connectivity index (χ3v) is 17.7. The molecule has 5 aliphatic rings. The van der Waals surface area contributed by atoms with Gasteiger partial charge in [-0.2, -0.15) is 0 Å². The van der Waals surface area contributed by atoms with Crippen molar-refractivity contribution in [1.29, 1.82) is 0 Å². The molecule has 1 N–H and O–H groups in total. The summed E-state index contributed by atoms with van der Waals surface area (Å²) in [6, 6.07) is 8.66. The number of carboxylic acid groups (broad SMARTS) is 1. The number of aryl methyl sites for hydroxylation is 2. The summed E-state index contributed by atoms with van der Waals surface area (Å²) in [4.78, 5) is 25.5. The van der Waals surface area contributed by atoms with Crippen LogP contribution in [0.4, 0.5) is 0 Å². The van der Waals surface area contributed by atoms with E-state index in [9.17, 15) is 14.7 Å². The molecule has 5 aliphatic carbocycles. The summed E-state index contributed by atoms with van der Waals surface area (Å²) in [5.41, 5.74) is 5.42. The highest BCUT2D eigenvalue weighted by atomic mass is 16.5. The molecule has 0 spiro atoms. The average molecular weight is 847 g/mol. The molecule has 0 bridgehead atoms. The molecule has 0 heterocycles. The van der Waals surface area contributed by atoms with E-state index < -0.39 is 11.4 Å². The largest absolute Gasteiger partial charge is 0.495 e. The summed E-state index contributed by atoms with van der Waals surface area (Å²) in [5.74, 6) is 2.84. The predicted molar refractivity (Wildman–Crippen MR) is 263 cm³/mol. The fourth-order valence-corrected chi connectivity index (χ4v) is 13.5. The standard InChI is InChI=1S/C40H64O4.C9H12.C4H10.2C2H6/c1-13-25(4)40-21-15-28-27(33(40)32(24(2)3)29(41)23-40)14-20-39(12)37(28,10)18-16-30-36(8,9)31(17-19-38(30,39)11)44-26(5)22-35(6,7)34(42)43;1-3-9-6-4-8(2)5-7-9;1-3-4-2;2*1-2/h24-25,27-28,30-31H,5,13-23H2,1-4,6-12H3,(H,42,43);4-7H,3H2,1-2H3;3-4H2,1-2H3;2*1-2H3/t25-,27?,28?,30?,31?,37?,38?,39?,40?;;;;/m1..../s1. The molecule has 1 aromatic rings. The summed E-state index contributed by atoms with van der Waals surface area (Å²) < 4.78 is 6.61. The lowest BCUT2D eigenvalue weighted by Gasteiger charge is -2.74. The maximum absolute atomic E-state index is 13.7. The van der Waals surface area contributed by atoms with Crippen molar-refractivity contribution in [3.63, 3.8) is 0 Å². The van der Waals surface area contributed by atoms with Crippen LogP contribution in [-0.2, 0) is 20.7 Å². The molecule has 1 aromatic carbocycles. The van der Waals surface area contributed by atoms with Crippen LogP contribution in [0.15, 0.2) is 47.7 Å². The van der Waals surface area contributed by atoms with Gasteiger partial charge in [0.05, 0.1) is 11.2 Å². The Morgan fingerprint density at radius 3 is 1.89 bits per heavy atom. The summed E-state index contributed by atoms with van der Waals surface area (Å²) in [6.07, 6.45) is 15.5. The number of carbonyl (C=O) groups is 2. The molecule has 350 valence electrons. The molecule has 0 amide bonds. The number of ether oxygens (including phenoxy) is 1. The minimum Gasteiger partial charge on any atom is -0.495 e. The van der Waals surface area contributed by atoms with Crippen LogP contribution in [0.1, 0.15) is 219 Å². The van der Waals surface area contributed by atoms with Crippen molar-refractivity contribution in [3.05, 3.63) is 58.9 Å². The number of Topliss-reactive ketones (excluding diaryl/α,β-unsaturated/α-hetero) is 1. The topological polar surface area (TPSA) is 63.6 Å². The Balaban J connectivity index is 0.000000637. The van der Waals surface area contributed by atoms with E-state index in [2.05, 4.69) is 121 Å². The second-order valence-electron chi connectivity index (χ2n) is 21.8. The zero-order valence-corrected chi connectivity index (χ0v) is 43.6. The lowest BCUT2D eigenvalue weighted by atomic mass is 9.31.